The van der Waals surface area contributed by atoms with Gasteiger partial charge in [0.15, 0.2) is 0 Å². The van der Waals surface area contributed by atoms with Crippen molar-refractivity contribution in [2.45, 2.75) is 33.2 Å². The minimum Gasteiger partial charge on any atom is -0.370 e. The topological polar surface area (TPSA) is 53.9 Å². The van der Waals surface area contributed by atoms with Crippen molar-refractivity contribution < 1.29 is 0 Å². The Morgan fingerprint density at radius 2 is 2.10 bits per heavy atom. The van der Waals surface area contributed by atoms with Crippen LogP contribution in [0.2, 0.25) is 0 Å². The quantitative estimate of drug-likeness (QED) is 0.884. The number of pyridine rings is 1. The van der Waals surface area contributed by atoms with Gasteiger partial charge in [-0.2, -0.15) is 0 Å². The van der Waals surface area contributed by atoms with Gasteiger partial charge in [-0.25, -0.2) is 9.97 Å². The number of anilines is 2. The van der Waals surface area contributed by atoms with E-state index < -0.39 is 0 Å². The molecule has 0 saturated heterocycles. The molecular weight excluding hydrogens is 262 g/mol. The number of aromatic nitrogens is 3. The molecule has 0 unspecified atom stereocenters. The van der Waals surface area contributed by atoms with Crippen LogP contribution in [0.25, 0.3) is 0 Å². The van der Waals surface area contributed by atoms with Gasteiger partial charge in [0.1, 0.15) is 18.0 Å². The molecule has 2 aromatic heterocycles. The normalized spacial score (nSPS) is 10.7. The fraction of sp³-hybridized carbons (Fsp3) is 0.438. The third-order valence-corrected chi connectivity index (χ3v) is 3.29. The fourth-order valence-corrected chi connectivity index (χ4v) is 2.37. The SMILES string of the molecule is CCNc1ncnc(N(C)Cc2cccnc2)c1C(C)C. The van der Waals surface area contributed by atoms with Crippen LogP contribution in [-0.4, -0.2) is 28.5 Å². The van der Waals surface area contributed by atoms with E-state index in [1.807, 2.05) is 12.3 Å². The molecule has 5 heteroatoms. The first kappa shape index (κ1) is 15.2. The van der Waals surface area contributed by atoms with Crippen molar-refractivity contribution in [3.63, 3.8) is 0 Å². The van der Waals surface area contributed by atoms with Crippen LogP contribution in [0.1, 0.15) is 37.8 Å². The predicted octanol–water partition coefficient (Wildman–Crippen LogP) is 3.06. The summed E-state index contributed by atoms with van der Waals surface area (Å²) in [4.78, 5) is 15.2. The Bertz CT molecular complexity index is 568. The second-order valence-electron chi connectivity index (χ2n) is 5.36. The van der Waals surface area contributed by atoms with Gasteiger partial charge in [-0.15, -0.1) is 0 Å². The number of hydrogen-bond donors (Lipinski definition) is 1. The lowest BCUT2D eigenvalue weighted by atomic mass is 10.0. The van der Waals surface area contributed by atoms with E-state index in [1.54, 1.807) is 12.5 Å². The van der Waals surface area contributed by atoms with E-state index in [0.29, 0.717) is 5.92 Å². The molecule has 112 valence electrons. The molecule has 0 amide bonds. The maximum absolute atomic E-state index is 4.49. The van der Waals surface area contributed by atoms with Crippen LogP contribution in [0.4, 0.5) is 11.6 Å². The van der Waals surface area contributed by atoms with Crippen LogP contribution in [0.5, 0.6) is 0 Å². The summed E-state index contributed by atoms with van der Waals surface area (Å²) in [5.41, 5.74) is 2.32. The van der Waals surface area contributed by atoms with E-state index in [0.717, 1.165) is 30.3 Å². The van der Waals surface area contributed by atoms with E-state index in [4.69, 9.17) is 0 Å². The van der Waals surface area contributed by atoms with E-state index in [1.165, 1.54) is 5.56 Å². The highest BCUT2D eigenvalue weighted by atomic mass is 15.2. The van der Waals surface area contributed by atoms with Crippen LogP contribution >= 0.6 is 0 Å². The molecule has 2 heterocycles. The standard InChI is InChI=1S/C16H23N5/c1-5-18-15-14(12(2)3)16(20-11-19-15)21(4)10-13-7-6-8-17-9-13/h6-9,11-12H,5,10H2,1-4H3,(H,18,19,20). The van der Waals surface area contributed by atoms with Crippen molar-refractivity contribution in [1.29, 1.82) is 0 Å². The highest BCUT2D eigenvalue weighted by Crippen LogP contribution is 2.30. The van der Waals surface area contributed by atoms with Crippen molar-refractivity contribution >= 4 is 11.6 Å². The summed E-state index contributed by atoms with van der Waals surface area (Å²) in [6.07, 6.45) is 5.30. The van der Waals surface area contributed by atoms with Gasteiger partial charge in [0.25, 0.3) is 0 Å². The first-order chi connectivity index (χ1) is 10.1. The van der Waals surface area contributed by atoms with Gasteiger partial charge in [0, 0.05) is 38.1 Å². The lowest BCUT2D eigenvalue weighted by molar-refractivity contribution is 0.807. The molecule has 0 saturated carbocycles. The monoisotopic (exact) mass is 285 g/mol. The highest BCUT2D eigenvalue weighted by molar-refractivity contribution is 5.60. The number of hydrogen-bond acceptors (Lipinski definition) is 5. The van der Waals surface area contributed by atoms with E-state index in [9.17, 15) is 0 Å². The summed E-state index contributed by atoms with van der Waals surface area (Å²) >= 11 is 0. The number of nitrogens with one attached hydrogen (secondary N) is 1. The van der Waals surface area contributed by atoms with Gasteiger partial charge in [0.2, 0.25) is 0 Å². The molecule has 0 spiro atoms. The Morgan fingerprint density at radius 3 is 2.71 bits per heavy atom. The van der Waals surface area contributed by atoms with Gasteiger partial charge < -0.3 is 10.2 Å². The van der Waals surface area contributed by atoms with Crippen molar-refractivity contribution in [2.75, 3.05) is 23.8 Å². The molecule has 5 nitrogen and oxygen atoms in total. The molecule has 0 aliphatic carbocycles. The Balaban J connectivity index is 2.31. The van der Waals surface area contributed by atoms with Gasteiger partial charge in [0.05, 0.1) is 0 Å². The van der Waals surface area contributed by atoms with Crippen LogP contribution in [0.15, 0.2) is 30.9 Å². The molecule has 21 heavy (non-hydrogen) atoms. The first-order valence-corrected chi connectivity index (χ1v) is 7.32. The van der Waals surface area contributed by atoms with Crippen molar-refractivity contribution in [1.82, 2.24) is 15.0 Å². The zero-order valence-electron chi connectivity index (χ0n) is 13.2. The van der Waals surface area contributed by atoms with Crippen LogP contribution in [-0.2, 0) is 6.54 Å². The average Bonchev–Trinajstić information content (AvgIpc) is 2.48. The average molecular weight is 285 g/mol. The van der Waals surface area contributed by atoms with Gasteiger partial charge >= 0.3 is 0 Å². The van der Waals surface area contributed by atoms with E-state index in [-0.39, 0.29) is 0 Å². The van der Waals surface area contributed by atoms with Gasteiger partial charge in [-0.05, 0) is 24.5 Å². The van der Waals surface area contributed by atoms with Crippen molar-refractivity contribution in [3.05, 3.63) is 42.0 Å². The third-order valence-electron chi connectivity index (χ3n) is 3.29. The molecule has 0 radical (unpaired) electrons. The lowest BCUT2D eigenvalue weighted by Crippen LogP contribution is -2.21. The summed E-state index contributed by atoms with van der Waals surface area (Å²) in [6, 6.07) is 4.03. The zero-order chi connectivity index (χ0) is 15.2. The molecule has 0 aliphatic heterocycles. The van der Waals surface area contributed by atoms with Crippen molar-refractivity contribution in [2.24, 2.45) is 0 Å². The molecule has 0 fully saturated rings. The van der Waals surface area contributed by atoms with Crippen molar-refractivity contribution in [3.8, 4) is 0 Å². The summed E-state index contributed by atoms with van der Waals surface area (Å²) in [5.74, 6) is 2.25. The van der Waals surface area contributed by atoms with Crippen LogP contribution in [0.3, 0.4) is 0 Å². The first-order valence-electron chi connectivity index (χ1n) is 7.32. The summed E-state index contributed by atoms with van der Waals surface area (Å²) in [7, 11) is 2.05. The van der Waals surface area contributed by atoms with Gasteiger partial charge in [-0.1, -0.05) is 19.9 Å². The summed E-state index contributed by atoms with van der Waals surface area (Å²) in [6.45, 7) is 8.03. The van der Waals surface area contributed by atoms with E-state index in [2.05, 4.69) is 59.1 Å². The predicted molar refractivity (Wildman–Crippen MR) is 86.6 cm³/mol. The minimum atomic E-state index is 0.353. The minimum absolute atomic E-state index is 0.353. The number of nitrogens with zero attached hydrogens (tertiary/aromatic N) is 4. The molecule has 1 N–H and O–H groups in total. The van der Waals surface area contributed by atoms with Crippen LogP contribution < -0.4 is 10.2 Å². The smallest absolute Gasteiger partial charge is 0.137 e. The largest absolute Gasteiger partial charge is 0.370 e. The molecular formula is C16H23N5. The summed E-state index contributed by atoms with van der Waals surface area (Å²) < 4.78 is 0. The Hall–Kier alpha value is -2.17. The maximum Gasteiger partial charge on any atom is 0.137 e. The van der Waals surface area contributed by atoms with Crippen LogP contribution in [0, 0.1) is 0 Å². The maximum atomic E-state index is 4.49. The second kappa shape index (κ2) is 7.02. The molecule has 0 aliphatic rings. The zero-order valence-corrected chi connectivity index (χ0v) is 13.2. The Labute approximate surface area is 126 Å². The molecule has 0 bridgehead atoms. The fourth-order valence-electron chi connectivity index (χ4n) is 2.37. The summed E-state index contributed by atoms with van der Waals surface area (Å²) in [5, 5.41) is 3.33. The second-order valence-corrected chi connectivity index (χ2v) is 5.36. The third kappa shape index (κ3) is 3.68. The molecule has 0 atom stereocenters. The lowest BCUT2D eigenvalue weighted by Gasteiger charge is -2.24. The van der Waals surface area contributed by atoms with Gasteiger partial charge in [-0.3, -0.25) is 4.98 Å². The highest BCUT2D eigenvalue weighted by Gasteiger charge is 2.17. The molecule has 0 aromatic carbocycles. The van der Waals surface area contributed by atoms with E-state index >= 15 is 0 Å². The number of rotatable bonds is 6. The molecule has 2 aromatic rings. The Morgan fingerprint density at radius 1 is 1.29 bits per heavy atom. The Kier molecular flexibility index (Phi) is 5.09. The molecule has 2 rings (SSSR count).